The molecule has 96 heavy (non-hydrogen) atoms. The van der Waals surface area contributed by atoms with E-state index in [0.717, 1.165) is 45.9 Å². The third-order valence-electron chi connectivity index (χ3n) is 17.7. The number of thioether (sulfide) groups is 2. The zero-order valence-corrected chi connectivity index (χ0v) is 59.7. The van der Waals surface area contributed by atoms with Gasteiger partial charge in [-0.1, -0.05) is 92.0 Å². The summed E-state index contributed by atoms with van der Waals surface area (Å²) in [6.45, 7) is 30.8. The Morgan fingerprint density at radius 1 is 0.562 bits per heavy atom. The van der Waals surface area contributed by atoms with Crippen LogP contribution in [0.1, 0.15) is 105 Å². The molecule has 7 aromatic rings. The van der Waals surface area contributed by atoms with E-state index in [-0.39, 0.29) is 72.7 Å². The van der Waals surface area contributed by atoms with Crippen LogP contribution in [0.3, 0.4) is 0 Å². The average molecular weight is 1340 g/mol. The molecule has 3 aromatic carbocycles. The number of aromatic nitrogens is 4. The molecule has 2 N–H and O–H groups in total. The summed E-state index contributed by atoms with van der Waals surface area (Å²) in [5, 5.41) is 33.7. The molecule has 4 heterocycles. The smallest absolute Gasteiger partial charge is 0.417 e. The Balaban J connectivity index is 1.47. The number of hydrogen-bond donors (Lipinski definition) is 2. The van der Waals surface area contributed by atoms with Gasteiger partial charge in [-0.15, -0.1) is 0 Å². The Kier molecular flexibility index (Phi) is 26.3. The van der Waals surface area contributed by atoms with Crippen LogP contribution in [0.4, 0.5) is 0 Å². The Morgan fingerprint density at radius 3 is 1.38 bits per heavy atom. The number of nitriles is 2. The van der Waals surface area contributed by atoms with E-state index in [4.69, 9.17) is 38.2 Å². The van der Waals surface area contributed by atoms with Crippen molar-refractivity contribution < 1.29 is 47.4 Å². The minimum atomic E-state index is -0.957. The zero-order chi connectivity index (χ0) is 70.1. The Hall–Kier alpha value is -8.21. The molecule has 0 aliphatic carbocycles. The molecule has 0 aliphatic heterocycles. The number of hydrogen-bond acceptors (Lipinski definition) is 16. The molecule has 0 bridgehead atoms. The SMILES string of the molecule is C=C(C)C(=O)NCCOC(=O)CSCCCc1ccc(/C(C#N)=c2/c3c(-c4ccc5ccccc5c4)n(B(C)OC(C)(C)C(C)(C)OC)/c(=C(/C#N)c4ccc(CCCSCC(=O)OCCNC(=O)C(=C)C)cn4)c3c(-c3ccccc3)n2B(C)OC(C)(C)C(C)(C)OC)nc1. The number of rotatable bonds is 34. The molecule has 504 valence electrons. The lowest BCUT2D eigenvalue weighted by molar-refractivity contribution is -0.141. The summed E-state index contributed by atoms with van der Waals surface area (Å²) in [5.41, 5.74) is 3.18. The number of benzene rings is 3. The van der Waals surface area contributed by atoms with Crippen LogP contribution in [-0.2, 0) is 60.3 Å². The number of ether oxygens (including phenoxy) is 4. The number of pyridine rings is 2. The van der Waals surface area contributed by atoms with E-state index in [9.17, 15) is 29.7 Å². The monoisotopic (exact) mass is 1340 g/mol. The predicted octanol–water partition coefficient (Wildman–Crippen LogP) is 11.3. The molecule has 0 spiro atoms. The lowest BCUT2D eigenvalue weighted by atomic mass is 9.79. The minimum Gasteiger partial charge on any atom is -0.463 e. The standard InChI is InChI=1S/C74H90B2N8O10S2/c1-49(2)69(87)79-36-38-91-61(85)47-95-40-22-24-51-30-34-59(81-45-51)57(43-77)67-63-64(66(56-33-32-53-26-20-21-29-55(53)42-56)84(67)76(14)94-74(11,12)72(7,8)90-16)68(83(65(63)54-27-18-17-19-28-54)75(13)93-73(9,10)71(5,6)89-15)58(44-78)60-35-31-52(46-82-60)25-23-41-96-48-62(86)92-39-37-80-70(88)50(3)4/h17-21,26-35,42,45-46H,1,3,22-25,36-41,47-48H2,2,4-16H3,(H,79,87)(H,80,88)/b67-57-,68-58-. The van der Waals surface area contributed by atoms with Crippen molar-refractivity contribution >= 4 is 94.1 Å². The summed E-state index contributed by atoms with van der Waals surface area (Å²) in [6, 6.07) is 37.4. The number of amides is 2. The lowest BCUT2D eigenvalue weighted by Crippen LogP contribution is -2.54. The van der Waals surface area contributed by atoms with Gasteiger partial charge in [0.05, 0.1) is 69.1 Å². The topological polar surface area (TPSA) is 231 Å². The third kappa shape index (κ3) is 18.3. The van der Waals surface area contributed by atoms with Crippen molar-refractivity contribution in [2.24, 2.45) is 0 Å². The van der Waals surface area contributed by atoms with E-state index >= 15 is 0 Å². The van der Waals surface area contributed by atoms with Crippen LogP contribution in [0, 0.1) is 22.7 Å². The summed E-state index contributed by atoms with van der Waals surface area (Å²) >= 11 is 2.92. The molecule has 7 rings (SSSR count). The number of methoxy groups -OCH3 is 2. The van der Waals surface area contributed by atoms with Gasteiger partial charge in [-0.05, 0) is 171 Å². The molecule has 0 saturated heterocycles. The van der Waals surface area contributed by atoms with Crippen molar-refractivity contribution in [3.05, 3.63) is 167 Å². The second-order valence-electron chi connectivity index (χ2n) is 25.6. The second-order valence-corrected chi connectivity index (χ2v) is 27.8. The van der Waals surface area contributed by atoms with Crippen molar-refractivity contribution in [1.82, 2.24) is 29.6 Å². The molecule has 0 fully saturated rings. The number of carbonyl (C=O) groups excluding carboxylic acids is 4. The molecular formula is C74H90B2N8O10S2. The second kappa shape index (κ2) is 33.6. The number of nitrogens with one attached hydrogen (secondary N) is 2. The molecule has 0 atom stereocenters. The predicted molar refractivity (Wildman–Crippen MR) is 388 cm³/mol. The molecule has 0 saturated carbocycles. The Morgan fingerprint density at radius 2 is 0.979 bits per heavy atom. The number of nitrogens with zero attached hydrogens (tertiary/aromatic N) is 6. The number of fused-ring (bicyclic) bond motifs is 2. The summed E-state index contributed by atoms with van der Waals surface area (Å²) in [7, 11) is 1.64. The highest BCUT2D eigenvalue weighted by Crippen LogP contribution is 2.40. The normalized spacial score (nSPS) is 12.5. The van der Waals surface area contributed by atoms with Crippen LogP contribution in [0.2, 0.25) is 13.6 Å². The molecule has 0 aliphatic rings. The molecule has 22 heteroatoms. The first-order valence-electron chi connectivity index (χ1n) is 32.2. The first-order chi connectivity index (χ1) is 45.6. The Bertz CT molecular complexity index is 4050. The average Bonchev–Trinajstić information content (AvgIpc) is 1.53. The zero-order valence-electron chi connectivity index (χ0n) is 58.0. The summed E-state index contributed by atoms with van der Waals surface area (Å²) < 4.78 is 41.8. The fourth-order valence-corrected chi connectivity index (χ4v) is 12.4. The summed E-state index contributed by atoms with van der Waals surface area (Å²) in [5.74, 6) is 0.354. The van der Waals surface area contributed by atoms with E-state index in [2.05, 4.69) is 75.2 Å². The largest absolute Gasteiger partial charge is 0.463 e. The Labute approximate surface area is 574 Å². The molecule has 2 amide bonds. The number of esters is 2. The van der Waals surface area contributed by atoms with Crippen LogP contribution in [0.25, 0.3) is 55.2 Å². The van der Waals surface area contributed by atoms with Gasteiger partial charge < -0.3 is 47.8 Å². The quantitative estimate of drug-likeness (QED) is 0.0165. The number of carbonyl (C=O) groups is 4. The van der Waals surface area contributed by atoms with Gasteiger partial charge in [-0.25, -0.2) is 0 Å². The van der Waals surface area contributed by atoms with Crippen LogP contribution in [0.15, 0.2) is 134 Å². The summed E-state index contributed by atoms with van der Waals surface area (Å²) in [6.07, 6.45) is 6.33. The van der Waals surface area contributed by atoms with Gasteiger partial charge >= 0.3 is 26.0 Å². The van der Waals surface area contributed by atoms with Crippen molar-refractivity contribution in [3.8, 4) is 34.7 Å². The lowest BCUT2D eigenvalue weighted by Gasteiger charge is -2.42. The third-order valence-corrected chi connectivity index (χ3v) is 19.7. The van der Waals surface area contributed by atoms with Crippen molar-refractivity contribution in [1.29, 1.82) is 10.5 Å². The van der Waals surface area contributed by atoms with Gasteiger partial charge in [0.25, 0.3) is 0 Å². The highest BCUT2D eigenvalue weighted by Gasteiger charge is 2.44. The van der Waals surface area contributed by atoms with Gasteiger partial charge in [0.2, 0.25) is 11.8 Å². The van der Waals surface area contributed by atoms with E-state index in [1.54, 1.807) is 40.5 Å². The van der Waals surface area contributed by atoms with Gasteiger partial charge in [0.1, 0.15) is 36.5 Å². The molecule has 4 aromatic heterocycles. The van der Waals surface area contributed by atoms with E-state index in [0.29, 0.717) is 79.7 Å². The van der Waals surface area contributed by atoms with E-state index in [1.807, 2.05) is 136 Å². The van der Waals surface area contributed by atoms with Crippen LogP contribution in [0.5, 0.6) is 0 Å². The van der Waals surface area contributed by atoms with E-state index in [1.165, 1.54) is 23.5 Å². The van der Waals surface area contributed by atoms with Crippen molar-refractivity contribution in [2.45, 2.75) is 131 Å². The van der Waals surface area contributed by atoms with Gasteiger partial charge in [-0.3, -0.25) is 29.1 Å². The molecule has 0 unspecified atom stereocenters. The maximum atomic E-state index is 12.5. The maximum absolute atomic E-state index is 12.5. The minimum absolute atomic E-state index is 0.0661. The summed E-state index contributed by atoms with van der Waals surface area (Å²) in [4.78, 5) is 58.9. The first-order valence-corrected chi connectivity index (χ1v) is 34.6. The van der Waals surface area contributed by atoms with Crippen molar-refractivity contribution in [3.63, 3.8) is 0 Å². The van der Waals surface area contributed by atoms with Crippen molar-refractivity contribution in [2.75, 3.05) is 63.5 Å². The van der Waals surface area contributed by atoms with Gasteiger partial charge in [0.15, 0.2) is 0 Å². The van der Waals surface area contributed by atoms with Gasteiger partial charge in [-0.2, -0.15) is 34.0 Å². The molecular weight excluding hydrogens is 1250 g/mol. The first kappa shape index (κ1) is 75.2. The van der Waals surface area contributed by atoms with Crippen LogP contribution >= 0.6 is 23.5 Å². The number of aryl methyl sites for hydroxylation is 2. The maximum Gasteiger partial charge on any atom is 0.417 e. The molecule has 0 radical (unpaired) electrons. The van der Waals surface area contributed by atoms with E-state index < -0.39 is 36.5 Å². The van der Waals surface area contributed by atoms with Crippen LogP contribution < -0.4 is 21.3 Å². The highest BCUT2D eigenvalue weighted by atomic mass is 32.2. The highest BCUT2D eigenvalue weighted by molar-refractivity contribution is 8.00. The molecule has 18 nitrogen and oxygen atoms in total. The fourth-order valence-electron chi connectivity index (χ4n) is 10.9. The van der Waals surface area contributed by atoms with Crippen LogP contribution in [-0.4, -0.2) is 143 Å². The van der Waals surface area contributed by atoms with Gasteiger partial charge in [0, 0.05) is 59.9 Å². The fraction of sp³-hybridized carbons (Fsp3) is 0.405.